The van der Waals surface area contributed by atoms with E-state index in [0.717, 1.165) is 46.6 Å². The number of aryl methyl sites for hydroxylation is 1. The van der Waals surface area contributed by atoms with Gasteiger partial charge in [-0.25, -0.2) is 4.98 Å². The third kappa shape index (κ3) is 4.89. The summed E-state index contributed by atoms with van der Waals surface area (Å²) < 4.78 is 11.7. The van der Waals surface area contributed by atoms with Crippen LogP contribution in [0.2, 0.25) is 0 Å². The Morgan fingerprint density at radius 3 is 2.35 bits per heavy atom. The predicted molar refractivity (Wildman–Crippen MR) is 131 cm³/mol. The molecule has 1 N–H and O–H groups in total. The van der Waals surface area contributed by atoms with E-state index in [-0.39, 0.29) is 5.60 Å². The summed E-state index contributed by atoms with van der Waals surface area (Å²) in [5, 5.41) is 11.0. The quantitative estimate of drug-likeness (QED) is 0.393. The van der Waals surface area contributed by atoms with Gasteiger partial charge in [-0.1, -0.05) is 19.0 Å². The highest BCUT2D eigenvalue weighted by atomic mass is 16.5. The highest BCUT2D eigenvalue weighted by molar-refractivity contribution is 5.85. The molecule has 0 bridgehead atoms. The molecule has 3 fully saturated rings. The zero-order chi connectivity index (χ0) is 23.5. The Hall–Kier alpha value is -3.06. The molecular weight excluding hydrogens is 426 g/mol. The summed E-state index contributed by atoms with van der Waals surface area (Å²) in [6.45, 7) is 5.96. The Labute approximate surface area is 200 Å². The summed E-state index contributed by atoms with van der Waals surface area (Å²) in [4.78, 5) is 8.53. The second-order valence-electron chi connectivity index (χ2n) is 9.30. The van der Waals surface area contributed by atoms with Gasteiger partial charge in [0.25, 0.3) is 0 Å². The molecule has 1 saturated heterocycles. The first-order valence-corrected chi connectivity index (χ1v) is 12.5. The van der Waals surface area contributed by atoms with E-state index in [1.807, 2.05) is 39.1 Å². The van der Waals surface area contributed by atoms with Crippen molar-refractivity contribution in [1.29, 1.82) is 0 Å². The monoisotopic (exact) mass is 459 g/mol. The maximum atomic E-state index is 6.36. The molecule has 0 amide bonds. The molecule has 4 heterocycles. The zero-order valence-corrected chi connectivity index (χ0v) is 20.3. The molecule has 7 rings (SSSR count). The van der Waals surface area contributed by atoms with Crippen LogP contribution in [0.1, 0.15) is 75.4 Å². The number of imidazole rings is 1. The van der Waals surface area contributed by atoms with Crippen molar-refractivity contribution in [2.75, 3.05) is 0 Å². The zero-order valence-electron chi connectivity index (χ0n) is 20.3. The lowest BCUT2D eigenvalue weighted by molar-refractivity contribution is 0.0288. The Morgan fingerprint density at radius 2 is 1.79 bits per heavy atom. The van der Waals surface area contributed by atoms with Crippen molar-refractivity contribution in [3.8, 4) is 11.1 Å². The van der Waals surface area contributed by atoms with E-state index >= 15 is 0 Å². The number of hydrogen-bond acceptors (Lipinski definition) is 6. The largest absolute Gasteiger partial charge is 0.371 e. The molecule has 34 heavy (non-hydrogen) atoms. The van der Waals surface area contributed by atoms with Crippen LogP contribution in [-0.4, -0.2) is 37.0 Å². The Bertz CT molecular complexity index is 1200. The average molecular weight is 460 g/mol. The summed E-state index contributed by atoms with van der Waals surface area (Å²) in [5.74, 6) is 2.62. The third-order valence-electron chi connectivity index (χ3n) is 6.79. The number of aromatic amines is 1. The number of rotatable bonds is 4. The Kier molecular flexibility index (Phi) is 6.46. The minimum atomic E-state index is 0.233. The van der Waals surface area contributed by atoms with Crippen molar-refractivity contribution in [1.82, 2.24) is 25.3 Å². The summed E-state index contributed by atoms with van der Waals surface area (Å²) in [6, 6.07) is 8.11. The fourth-order valence-corrected chi connectivity index (χ4v) is 4.69. The van der Waals surface area contributed by atoms with Crippen LogP contribution >= 0.6 is 0 Å². The van der Waals surface area contributed by atoms with Crippen LogP contribution in [0.25, 0.3) is 22.2 Å². The maximum Gasteiger partial charge on any atom is 0.141 e. The molecule has 7 nitrogen and oxygen atoms in total. The van der Waals surface area contributed by atoms with Gasteiger partial charge in [0.15, 0.2) is 0 Å². The topological polar surface area (TPSA) is 89.7 Å². The highest BCUT2D eigenvalue weighted by Crippen LogP contribution is 2.50. The minimum absolute atomic E-state index is 0.233. The molecule has 178 valence electrons. The number of benzene rings is 1. The summed E-state index contributed by atoms with van der Waals surface area (Å²) in [7, 11) is 0. The minimum Gasteiger partial charge on any atom is -0.371 e. The predicted octanol–water partition coefficient (Wildman–Crippen LogP) is 6.16. The van der Waals surface area contributed by atoms with Crippen LogP contribution in [0.4, 0.5) is 0 Å². The molecule has 3 aliphatic rings. The molecule has 1 unspecified atom stereocenters. The van der Waals surface area contributed by atoms with Crippen molar-refractivity contribution in [2.24, 2.45) is 0 Å². The molecule has 4 aromatic rings. The van der Waals surface area contributed by atoms with Gasteiger partial charge in [-0.3, -0.25) is 0 Å². The van der Waals surface area contributed by atoms with Crippen molar-refractivity contribution in [2.45, 2.75) is 83.3 Å². The maximum absolute atomic E-state index is 6.36. The van der Waals surface area contributed by atoms with Gasteiger partial charge < -0.3 is 14.2 Å². The fourth-order valence-electron chi connectivity index (χ4n) is 4.69. The lowest BCUT2D eigenvalue weighted by Crippen LogP contribution is -2.14. The number of hydrogen-bond donors (Lipinski definition) is 1. The molecule has 3 aromatic heterocycles. The molecule has 1 aromatic carbocycles. The van der Waals surface area contributed by atoms with Crippen LogP contribution in [-0.2, 0) is 11.2 Å². The number of fused-ring (bicyclic) bond motifs is 1. The molecule has 2 saturated carbocycles. The summed E-state index contributed by atoms with van der Waals surface area (Å²) in [6.07, 6.45) is 13.7. The van der Waals surface area contributed by atoms with Gasteiger partial charge in [0.1, 0.15) is 11.6 Å². The average Bonchev–Trinajstić information content (AvgIpc) is 3.73. The standard InChI is InChI=1S/C21H23N3O2.C4H4N2.C2H6/c1-12-17(11-22-26-12)14-8-15(9-16-4-5-21(25-16)6-7-21)19-18(10-14)23-20(24-19)13-2-3-13;1-2-4-6-5-3-1;1-2/h8,10-11,13,16H,2-7,9H2,1H3,(H,23,24);1-4H;1-2H3. The molecule has 1 spiro atoms. The lowest BCUT2D eigenvalue weighted by Gasteiger charge is -2.14. The molecular formula is C27H33N5O2. The van der Waals surface area contributed by atoms with Crippen molar-refractivity contribution >= 4 is 11.0 Å². The number of H-pyrrole nitrogens is 1. The van der Waals surface area contributed by atoms with E-state index in [1.165, 1.54) is 37.7 Å². The normalized spacial score (nSPS) is 19.9. The number of ether oxygens (including phenoxy) is 1. The fraction of sp³-hybridized carbons (Fsp3) is 0.481. The van der Waals surface area contributed by atoms with Crippen molar-refractivity contribution < 1.29 is 9.26 Å². The van der Waals surface area contributed by atoms with Crippen LogP contribution in [0.15, 0.2) is 47.4 Å². The Balaban J connectivity index is 0.000000261. The first-order valence-electron chi connectivity index (χ1n) is 12.5. The van der Waals surface area contributed by atoms with Crippen LogP contribution < -0.4 is 0 Å². The van der Waals surface area contributed by atoms with Gasteiger partial charge in [-0.2, -0.15) is 10.2 Å². The number of nitrogens with zero attached hydrogens (tertiary/aromatic N) is 4. The molecule has 7 heteroatoms. The molecule has 1 aliphatic heterocycles. The van der Waals surface area contributed by atoms with E-state index in [2.05, 4.69) is 32.5 Å². The van der Waals surface area contributed by atoms with Gasteiger partial charge in [0.05, 0.1) is 28.9 Å². The number of aromatic nitrogens is 5. The van der Waals surface area contributed by atoms with Gasteiger partial charge in [0.2, 0.25) is 0 Å². The van der Waals surface area contributed by atoms with Crippen LogP contribution in [0, 0.1) is 6.92 Å². The van der Waals surface area contributed by atoms with Crippen LogP contribution in [0.3, 0.4) is 0 Å². The third-order valence-corrected chi connectivity index (χ3v) is 6.79. The highest BCUT2D eigenvalue weighted by Gasteiger charge is 2.49. The van der Waals surface area contributed by atoms with E-state index in [4.69, 9.17) is 14.2 Å². The van der Waals surface area contributed by atoms with E-state index in [0.29, 0.717) is 12.0 Å². The number of nitrogens with one attached hydrogen (secondary N) is 1. The van der Waals surface area contributed by atoms with Gasteiger partial charge in [0, 0.05) is 30.3 Å². The van der Waals surface area contributed by atoms with Crippen molar-refractivity contribution in [3.63, 3.8) is 0 Å². The molecule has 0 radical (unpaired) electrons. The molecule has 1 atom stereocenters. The first kappa shape index (κ1) is 22.7. The smallest absolute Gasteiger partial charge is 0.141 e. The lowest BCUT2D eigenvalue weighted by atomic mass is 9.98. The molecule has 2 aliphatic carbocycles. The summed E-state index contributed by atoms with van der Waals surface area (Å²) in [5.41, 5.74) is 5.96. The van der Waals surface area contributed by atoms with Gasteiger partial charge in [-0.05, 0) is 80.8 Å². The van der Waals surface area contributed by atoms with E-state index < -0.39 is 0 Å². The van der Waals surface area contributed by atoms with Gasteiger partial charge in [-0.15, -0.1) is 0 Å². The van der Waals surface area contributed by atoms with E-state index in [9.17, 15) is 0 Å². The SMILES string of the molecule is CC.Cc1oncc1-c1cc(CC2CCC3(CC3)O2)c2nc(C3CC3)[nH]c2c1.c1ccnnc1. The first-order chi connectivity index (χ1) is 16.7. The summed E-state index contributed by atoms with van der Waals surface area (Å²) >= 11 is 0. The van der Waals surface area contributed by atoms with Crippen LogP contribution in [0.5, 0.6) is 0 Å². The Morgan fingerprint density at radius 1 is 1.03 bits per heavy atom. The van der Waals surface area contributed by atoms with Gasteiger partial charge >= 0.3 is 0 Å². The van der Waals surface area contributed by atoms with E-state index in [1.54, 1.807) is 12.4 Å². The second kappa shape index (κ2) is 9.66. The second-order valence-corrected chi connectivity index (χ2v) is 9.30. The van der Waals surface area contributed by atoms with Crippen molar-refractivity contribution in [3.05, 3.63) is 60.0 Å².